The van der Waals surface area contributed by atoms with Crippen LogP contribution in [0.1, 0.15) is 13.8 Å². The SMILES string of the molecule is CCOC1=CC(OCC)=C(C2=CC(C=O)NN2C)CN1. The van der Waals surface area contributed by atoms with E-state index in [9.17, 15) is 4.79 Å². The molecule has 0 fully saturated rings. The van der Waals surface area contributed by atoms with Crippen LogP contribution in [0.2, 0.25) is 0 Å². The molecule has 0 aliphatic carbocycles. The highest BCUT2D eigenvalue weighted by molar-refractivity contribution is 5.63. The first-order chi connectivity index (χ1) is 9.69. The van der Waals surface area contributed by atoms with Crippen molar-refractivity contribution >= 4 is 6.29 Å². The van der Waals surface area contributed by atoms with Crippen LogP contribution in [0.3, 0.4) is 0 Å². The van der Waals surface area contributed by atoms with Gasteiger partial charge in [-0.2, -0.15) is 0 Å². The van der Waals surface area contributed by atoms with Gasteiger partial charge in [-0.15, -0.1) is 0 Å². The Bertz CT molecular complexity index is 468. The van der Waals surface area contributed by atoms with Crippen LogP contribution >= 0.6 is 0 Å². The van der Waals surface area contributed by atoms with Gasteiger partial charge in [-0.25, -0.2) is 5.43 Å². The highest BCUT2D eigenvalue weighted by Gasteiger charge is 2.26. The van der Waals surface area contributed by atoms with Crippen LogP contribution in [0.15, 0.2) is 35.1 Å². The maximum atomic E-state index is 10.9. The average Bonchev–Trinajstić information content (AvgIpc) is 2.81. The maximum absolute atomic E-state index is 10.9. The van der Waals surface area contributed by atoms with Crippen molar-refractivity contribution in [2.24, 2.45) is 0 Å². The number of nitrogens with zero attached hydrogens (tertiary/aromatic N) is 1. The molecule has 110 valence electrons. The van der Waals surface area contributed by atoms with Crippen molar-refractivity contribution < 1.29 is 14.3 Å². The summed E-state index contributed by atoms with van der Waals surface area (Å²) in [6, 6.07) is -0.289. The molecule has 2 N–H and O–H groups in total. The zero-order valence-electron chi connectivity index (χ0n) is 12.1. The maximum Gasteiger partial charge on any atom is 0.190 e. The number of rotatable bonds is 6. The summed E-state index contributed by atoms with van der Waals surface area (Å²) in [4.78, 5) is 10.9. The third kappa shape index (κ3) is 2.96. The van der Waals surface area contributed by atoms with Gasteiger partial charge in [0.2, 0.25) is 0 Å². The minimum absolute atomic E-state index is 0.289. The van der Waals surface area contributed by atoms with Gasteiger partial charge in [0.25, 0.3) is 0 Å². The molecule has 2 rings (SSSR count). The van der Waals surface area contributed by atoms with Crippen molar-refractivity contribution in [1.82, 2.24) is 15.8 Å². The Morgan fingerprint density at radius 2 is 2.15 bits per heavy atom. The smallest absolute Gasteiger partial charge is 0.190 e. The first-order valence-corrected chi connectivity index (χ1v) is 6.81. The lowest BCUT2D eigenvalue weighted by molar-refractivity contribution is -0.109. The second kappa shape index (κ2) is 6.47. The average molecular weight is 279 g/mol. The molecule has 0 radical (unpaired) electrons. The molecule has 2 heterocycles. The van der Waals surface area contributed by atoms with E-state index in [4.69, 9.17) is 9.47 Å². The number of dihydropyridines is 1. The van der Waals surface area contributed by atoms with E-state index in [-0.39, 0.29) is 6.04 Å². The molecular weight excluding hydrogens is 258 g/mol. The molecule has 2 aliphatic heterocycles. The van der Waals surface area contributed by atoms with Crippen molar-refractivity contribution in [2.75, 3.05) is 26.8 Å². The predicted octanol–water partition coefficient (Wildman–Crippen LogP) is 0.659. The standard InChI is InChI=1S/C14H21N3O3/c1-4-19-13-7-14(20-5-2)15-8-11(13)12-6-10(9-18)16-17(12)3/h6-7,9-10,15-16H,4-5,8H2,1-3H3. The Balaban J connectivity index is 2.31. The molecule has 6 nitrogen and oxygen atoms in total. The predicted molar refractivity (Wildman–Crippen MR) is 75.2 cm³/mol. The van der Waals surface area contributed by atoms with Gasteiger partial charge in [-0.05, 0) is 19.9 Å². The van der Waals surface area contributed by atoms with E-state index in [1.165, 1.54) is 0 Å². The minimum Gasteiger partial charge on any atom is -0.493 e. The topological polar surface area (TPSA) is 62.8 Å². The lowest BCUT2D eigenvalue weighted by Crippen LogP contribution is -2.36. The number of likely N-dealkylation sites (N-methyl/N-ethyl adjacent to an activating group) is 1. The van der Waals surface area contributed by atoms with E-state index >= 15 is 0 Å². The highest BCUT2D eigenvalue weighted by Crippen LogP contribution is 2.25. The zero-order chi connectivity index (χ0) is 14.5. The summed E-state index contributed by atoms with van der Waals surface area (Å²) in [5.41, 5.74) is 5.01. The van der Waals surface area contributed by atoms with Gasteiger partial charge >= 0.3 is 0 Å². The fourth-order valence-electron chi connectivity index (χ4n) is 2.25. The quantitative estimate of drug-likeness (QED) is 0.697. The van der Waals surface area contributed by atoms with Crippen LogP contribution < -0.4 is 10.7 Å². The molecule has 2 aliphatic rings. The summed E-state index contributed by atoms with van der Waals surface area (Å²) in [6.45, 7) is 5.67. The first kappa shape index (κ1) is 14.5. The third-order valence-corrected chi connectivity index (χ3v) is 3.10. The van der Waals surface area contributed by atoms with E-state index in [1.807, 2.05) is 38.1 Å². The molecule has 0 aromatic carbocycles. The molecule has 0 spiro atoms. The largest absolute Gasteiger partial charge is 0.493 e. The van der Waals surface area contributed by atoms with Crippen LogP contribution in [-0.2, 0) is 14.3 Å². The first-order valence-electron chi connectivity index (χ1n) is 6.81. The summed E-state index contributed by atoms with van der Waals surface area (Å²) in [7, 11) is 1.88. The fraction of sp³-hybridized carbons (Fsp3) is 0.500. The number of hydrogen-bond acceptors (Lipinski definition) is 6. The second-order valence-corrected chi connectivity index (χ2v) is 4.47. The van der Waals surface area contributed by atoms with Crippen molar-refractivity contribution in [2.45, 2.75) is 19.9 Å². The Hall–Kier alpha value is -1.95. The lowest BCUT2D eigenvalue weighted by Gasteiger charge is -2.25. The molecule has 6 heteroatoms. The number of ether oxygens (including phenoxy) is 2. The molecule has 1 atom stereocenters. The molecule has 0 aromatic rings. The van der Waals surface area contributed by atoms with Crippen LogP contribution in [0, 0.1) is 0 Å². The molecule has 0 amide bonds. The van der Waals surface area contributed by atoms with Gasteiger partial charge in [-0.1, -0.05) is 0 Å². The molecule has 0 bridgehead atoms. The normalized spacial score (nSPS) is 22.1. The molecule has 1 unspecified atom stereocenters. The van der Waals surface area contributed by atoms with Gasteiger partial charge in [0.15, 0.2) is 5.88 Å². The molecule has 0 saturated heterocycles. The number of carbonyl (C=O) groups excluding carboxylic acids is 1. The van der Waals surface area contributed by atoms with Gasteiger partial charge in [0.1, 0.15) is 18.1 Å². The summed E-state index contributed by atoms with van der Waals surface area (Å²) < 4.78 is 11.2. The molecular formula is C14H21N3O3. The third-order valence-electron chi connectivity index (χ3n) is 3.10. The van der Waals surface area contributed by atoms with Crippen LogP contribution in [0.25, 0.3) is 0 Å². The number of allylic oxidation sites excluding steroid dienone is 1. The molecule has 0 saturated carbocycles. The second-order valence-electron chi connectivity index (χ2n) is 4.47. The summed E-state index contributed by atoms with van der Waals surface area (Å²) in [5, 5.41) is 5.05. The van der Waals surface area contributed by atoms with Crippen LogP contribution in [-0.4, -0.2) is 44.1 Å². The van der Waals surface area contributed by atoms with E-state index in [0.717, 1.165) is 23.3 Å². The van der Waals surface area contributed by atoms with Gasteiger partial charge in [0.05, 0.1) is 18.9 Å². The van der Waals surface area contributed by atoms with Crippen molar-refractivity contribution in [3.8, 4) is 0 Å². The van der Waals surface area contributed by atoms with Crippen LogP contribution in [0.4, 0.5) is 0 Å². The fourth-order valence-corrected chi connectivity index (χ4v) is 2.25. The van der Waals surface area contributed by atoms with Crippen molar-refractivity contribution in [1.29, 1.82) is 0 Å². The van der Waals surface area contributed by atoms with E-state index in [2.05, 4.69) is 10.7 Å². The number of carbonyl (C=O) groups is 1. The molecule has 20 heavy (non-hydrogen) atoms. The van der Waals surface area contributed by atoms with E-state index < -0.39 is 0 Å². The van der Waals surface area contributed by atoms with Crippen molar-refractivity contribution in [3.63, 3.8) is 0 Å². The Kier molecular flexibility index (Phi) is 4.68. The number of hydrazine groups is 1. The van der Waals surface area contributed by atoms with E-state index in [1.54, 1.807) is 0 Å². The van der Waals surface area contributed by atoms with Gasteiger partial charge in [0, 0.05) is 25.2 Å². The number of hydrogen-bond donors (Lipinski definition) is 2. The van der Waals surface area contributed by atoms with Crippen LogP contribution in [0.5, 0.6) is 0 Å². The van der Waals surface area contributed by atoms with Crippen molar-refractivity contribution in [3.05, 3.63) is 35.1 Å². The Labute approximate surface area is 119 Å². The Morgan fingerprint density at radius 1 is 1.40 bits per heavy atom. The summed E-state index contributed by atoms with van der Waals surface area (Å²) >= 11 is 0. The zero-order valence-corrected chi connectivity index (χ0v) is 12.1. The minimum atomic E-state index is -0.289. The molecule has 0 aromatic heterocycles. The number of nitrogens with one attached hydrogen (secondary N) is 2. The Morgan fingerprint density at radius 3 is 2.75 bits per heavy atom. The monoisotopic (exact) mass is 279 g/mol. The highest BCUT2D eigenvalue weighted by atomic mass is 16.5. The summed E-state index contributed by atoms with van der Waals surface area (Å²) in [5.74, 6) is 1.49. The van der Waals surface area contributed by atoms with Gasteiger partial charge < -0.3 is 24.6 Å². The summed E-state index contributed by atoms with van der Waals surface area (Å²) in [6.07, 6.45) is 4.62. The van der Waals surface area contributed by atoms with E-state index in [0.29, 0.717) is 25.6 Å². The number of aldehydes is 1. The van der Waals surface area contributed by atoms with Gasteiger partial charge in [-0.3, -0.25) is 0 Å². The lowest BCUT2D eigenvalue weighted by atomic mass is 10.1.